The minimum absolute atomic E-state index is 0.446. The molecule has 1 aromatic rings. The molecule has 0 spiro atoms. The lowest BCUT2D eigenvalue weighted by Gasteiger charge is -2.14. The average Bonchev–Trinajstić information content (AvgIpc) is 2.73. The first kappa shape index (κ1) is 13.6. The van der Waals surface area contributed by atoms with Gasteiger partial charge in [0.15, 0.2) is 0 Å². The van der Waals surface area contributed by atoms with Crippen molar-refractivity contribution in [2.75, 3.05) is 12.0 Å². The summed E-state index contributed by atoms with van der Waals surface area (Å²) < 4.78 is 2.01. The summed E-state index contributed by atoms with van der Waals surface area (Å²) in [4.78, 5) is 0. The number of hydrogen-bond donors (Lipinski definition) is 1. The molecule has 0 saturated carbocycles. The van der Waals surface area contributed by atoms with Crippen molar-refractivity contribution in [3.8, 4) is 0 Å². The number of aromatic nitrogens is 2. The Kier molecular flexibility index (Phi) is 5.91. The van der Waals surface area contributed by atoms with Crippen LogP contribution in [0.3, 0.4) is 0 Å². The Morgan fingerprint density at radius 3 is 2.75 bits per heavy atom. The molecule has 1 unspecified atom stereocenters. The third-order valence-electron chi connectivity index (χ3n) is 2.64. The van der Waals surface area contributed by atoms with Crippen molar-refractivity contribution in [1.82, 2.24) is 15.1 Å². The molecule has 1 rings (SSSR count). The van der Waals surface area contributed by atoms with E-state index in [1.165, 1.54) is 17.7 Å². The summed E-state index contributed by atoms with van der Waals surface area (Å²) in [6, 6.07) is 1.05. The van der Waals surface area contributed by atoms with Gasteiger partial charge in [0.05, 0.1) is 6.20 Å². The lowest BCUT2D eigenvalue weighted by Crippen LogP contribution is -2.29. The molecular formula is C12H23N3S. The minimum Gasteiger partial charge on any atom is -0.309 e. The van der Waals surface area contributed by atoms with Crippen LogP contribution in [0.15, 0.2) is 12.4 Å². The van der Waals surface area contributed by atoms with E-state index in [2.05, 4.69) is 43.6 Å². The van der Waals surface area contributed by atoms with Gasteiger partial charge in [0.25, 0.3) is 0 Å². The van der Waals surface area contributed by atoms with Crippen LogP contribution in [0.1, 0.15) is 38.8 Å². The first-order valence-corrected chi connectivity index (χ1v) is 7.32. The monoisotopic (exact) mass is 241 g/mol. The van der Waals surface area contributed by atoms with E-state index in [1.807, 2.05) is 22.6 Å². The highest BCUT2D eigenvalue weighted by molar-refractivity contribution is 7.98. The molecule has 92 valence electrons. The molecule has 0 radical (unpaired) electrons. The van der Waals surface area contributed by atoms with Crippen LogP contribution in [0, 0.1) is 0 Å². The topological polar surface area (TPSA) is 29.9 Å². The molecule has 1 atom stereocenters. The van der Waals surface area contributed by atoms with Crippen molar-refractivity contribution in [1.29, 1.82) is 0 Å². The lowest BCUT2D eigenvalue weighted by atomic mass is 10.2. The fourth-order valence-electron chi connectivity index (χ4n) is 1.54. The van der Waals surface area contributed by atoms with Gasteiger partial charge in [-0.2, -0.15) is 16.9 Å². The molecule has 0 amide bonds. The standard InChI is InChI=1S/C12H23N3S/c1-5-12(9-16-4)13-6-11-7-14-15(8-11)10(2)3/h7-8,10,12-13H,5-6,9H2,1-4H3. The average molecular weight is 241 g/mol. The number of rotatable bonds is 7. The van der Waals surface area contributed by atoms with E-state index in [0.29, 0.717) is 12.1 Å². The molecule has 0 fully saturated rings. The summed E-state index contributed by atoms with van der Waals surface area (Å²) >= 11 is 1.90. The number of nitrogens with one attached hydrogen (secondary N) is 1. The molecule has 0 aliphatic carbocycles. The van der Waals surface area contributed by atoms with E-state index in [9.17, 15) is 0 Å². The normalized spacial score (nSPS) is 13.3. The lowest BCUT2D eigenvalue weighted by molar-refractivity contribution is 0.527. The maximum atomic E-state index is 4.34. The van der Waals surface area contributed by atoms with Gasteiger partial charge in [-0.1, -0.05) is 6.92 Å². The molecule has 0 aromatic carbocycles. The predicted octanol–water partition coefficient (Wildman–Crippen LogP) is 2.70. The zero-order valence-corrected chi connectivity index (χ0v) is 11.5. The van der Waals surface area contributed by atoms with Crippen molar-refractivity contribution >= 4 is 11.8 Å². The van der Waals surface area contributed by atoms with Gasteiger partial charge in [-0.05, 0) is 26.5 Å². The molecule has 1 heterocycles. The summed E-state index contributed by atoms with van der Waals surface area (Å²) in [5.41, 5.74) is 1.27. The zero-order valence-electron chi connectivity index (χ0n) is 10.7. The van der Waals surface area contributed by atoms with Crippen LogP contribution >= 0.6 is 11.8 Å². The third-order valence-corrected chi connectivity index (χ3v) is 3.38. The van der Waals surface area contributed by atoms with E-state index in [4.69, 9.17) is 0 Å². The highest BCUT2D eigenvalue weighted by Crippen LogP contribution is 2.07. The fourth-order valence-corrected chi connectivity index (χ4v) is 2.29. The van der Waals surface area contributed by atoms with Crippen LogP contribution in [0.25, 0.3) is 0 Å². The van der Waals surface area contributed by atoms with Crippen LogP contribution < -0.4 is 5.32 Å². The molecule has 0 aliphatic heterocycles. The molecule has 1 N–H and O–H groups in total. The maximum absolute atomic E-state index is 4.34. The summed E-state index contributed by atoms with van der Waals surface area (Å²) in [5.74, 6) is 1.18. The van der Waals surface area contributed by atoms with Crippen molar-refractivity contribution in [3.63, 3.8) is 0 Å². The minimum atomic E-state index is 0.446. The highest BCUT2D eigenvalue weighted by Gasteiger charge is 2.06. The van der Waals surface area contributed by atoms with E-state index < -0.39 is 0 Å². The number of hydrogen-bond acceptors (Lipinski definition) is 3. The molecule has 4 heteroatoms. The molecule has 1 aromatic heterocycles. The summed E-state index contributed by atoms with van der Waals surface area (Å²) in [6.07, 6.45) is 7.42. The number of nitrogens with zero attached hydrogens (tertiary/aromatic N) is 2. The fraction of sp³-hybridized carbons (Fsp3) is 0.750. The van der Waals surface area contributed by atoms with Crippen molar-refractivity contribution in [2.45, 2.75) is 45.8 Å². The third kappa shape index (κ3) is 4.18. The molecular weight excluding hydrogens is 218 g/mol. The number of thioether (sulfide) groups is 1. The van der Waals surface area contributed by atoms with Crippen LogP contribution in [-0.2, 0) is 6.54 Å². The quantitative estimate of drug-likeness (QED) is 0.796. The van der Waals surface area contributed by atoms with Gasteiger partial charge < -0.3 is 5.32 Å². The van der Waals surface area contributed by atoms with Gasteiger partial charge in [0, 0.05) is 36.1 Å². The van der Waals surface area contributed by atoms with E-state index in [1.54, 1.807) is 0 Å². The summed E-state index contributed by atoms with van der Waals surface area (Å²) in [6.45, 7) is 7.44. The zero-order chi connectivity index (χ0) is 12.0. The Labute approximate surface area is 103 Å². The molecule has 0 bridgehead atoms. The van der Waals surface area contributed by atoms with E-state index in [-0.39, 0.29) is 0 Å². The smallest absolute Gasteiger partial charge is 0.0534 e. The van der Waals surface area contributed by atoms with Gasteiger partial charge in [-0.3, -0.25) is 4.68 Å². The SMILES string of the molecule is CCC(CSC)NCc1cnn(C(C)C)c1. The second kappa shape index (κ2) is 6.97. The van der Waals surface area contributed by atoms with Gasteiger partial charge in [0.1, 0.15) is 0 Å². The summed E-state index contributed by atoms with van der Waals surface area (Å²) in [5, 5.41) is 7.90. The van der Waals surface area contributed by atoms with E-state index in [0.717, 1.165) is 6.54 Å². The second-order valence-electron chi connectivity index (χ2n) is 4.36. The molecule has 0 saturated heterocycles. The Morgan fingerprint density at radius 2 is 2.25 bits per heavy atom. The second-order valence-corrected chi connectivity index (χ2v) is 5.27. The van der Waals surface area contributed by atoms with Crippen LogP contribution in [0.2, 0.25) is 0 Å². The van der Waals surface area contributed by atoms with Crippen LogP contribution in [0.5, 0.6) is 0 Å². The van der Waals surface area contributed by atoms with Gasteiger partial charge in [0.2, 0.25) is 0 Å². The van der Waals surface area contributed by atoms with Crippen molar-refractivity contribution in [3.05, 3.63) is 18.0 Å². The Morgan fingerprint density at radius 1 is 1.50 bits per heavy atom. The van der Waals surface area contributed by atoms with E-state index >= 15 is 0 Å². The van der Waals surface area contributed by atoms with Gasteiger partial charge >= 0.3 is 0 Å². The van der Waals surface area contributed by atoms with Crippen molar-refractivity contribution in [2.24, 2.45) is 0 Å². The Bertz CT molecular complexity index is 296. The maximum Gasteiger partial charge on any atom is 0.0534 e. The Hall–Kier alpha value is -0.480. The molecule has 16 heavy (non-hydrogen) atoms. The molecule has 0 aliphatic rings. The first-order chi connectivity index (χ1) is 7.67. The van der Waals surface area contributed by atoms with Crippen molar-refractivity contribution < 1.29 is 0 Å². The van der Waals surface area contributed by atoms with Gasteiger partial charge in [-0.15, -0.1) is 0 Å². The Balaban J connectivity index is 2.41. The largest absolute Gasteiger partial charge is 0.309 e. The first-order valence-electron chi connectivity index (χ1n) is 5.92. The molecule has 3 nitrogen and oxygen atoms in total. The van der Waals surface area contributed by atoms with Crippen LogP contribution in [-0.4, -0.2) is 27.8 Å². The highest BCUT2D eigenvalue weighted by atomic mass is 32.2. The van der Waals surface area contributed by atoms with Crippen LogP contribution in [0.4, 0.5) is 0 Å². The summed E-state index contributed by atoms with van der Waals surface area (Å²) in [7, 11) is 0. The van der Waals surface area contributed by atoms with Gasteiger partial charge in [-0.25, -0.2) is 0 Å². The predicted molar refractivity (Wildman–Crippen MR) is 71.9 cm³/mol.